The molecule has 0 fully saturated rings. The van der Waals surface area contributed by atoms with Gasteiger partial charge in [-0.05, 0) is 98.0 Å². The molecular weight excluding hydrogens is 603 g/mol. The van der Waals surface area contributed by atoms with Crippen molar-refractivity contribution in [3.63, 3.8) is 0 Å². The van der Waals surface area contributed by atoms with Gasteiger partial charge >= 0.3 is 0 Å². The Kier molecular flexibility index (Phi) is 6.60. The first-order valence-corrected chi connectivity index (χ1v) is 17.6. The van der Waals surface area contributed by atoms with Gasteiger partial charge in [-0.15, -0.1) is 0 Å². The molecule has 0 aliphatic heterocycles. The summed E-state index contributed by atoms with van der Waals surface area (Å²) in [5.41, 5.74) is 17.6. The second kappa shape index (κ2) is 11.5. The molecule has 0 aromatic heterocycles. The van der Waals surface area contributed by atoms with E-state index < -0.39 is 5.41 Å². The zero-order chi connectivity index (χ0) is 33.1. The van der Waals surface area contributed by atoms with E-state index in [0.29, 0.717) is 5.92 Å². The lowest BCUT2D eigenvalue weighted by Crippen LogP contribution is -2.26. The van der Waals surface area contributed by atoms with Gasteiger partial charge in [0.1, 0.15) is 0 Å². The van der Waals surface area contributed by atoms with Crippen LogP contribution in [0.2, 0.25) is 0 Å². The standard InChI is InChI=1S/C49H35N/c1-3-15-34(16-4-1)35-27-29-37(30-28-35)50(48-26-14-10-19-39(48)36-17-5-2-6-18-36)38-31-32-43-42-22-9-13-25-46(42)49(47(43)33-38)44-23-11-7-20-40(44)41-21-8-12-24-45(41)49/h1-17,19-33,36H,18H2. The van der Waals surface area contributed by atoms with Crippen molar-refractivity contribution in [2.45, 2.75) is 17.8 Å². The van der Waals surface area contributed by atoms with Crippen LogP contribution in [0.3, 0.4) is 0 Å². The summed E-state index contributed by atoms with van der Waals surface area (Å²) in [7, 11) is 0. The fourth-order valence-corrected chi connectivity index (χ4v) is 8.90. The van der Waals surface area contributed by atoms with Crippen molar-refractivity contribution >= 4 is 17.1 Å². The Bertz CT molecular complexity index is 2400. The minimum atomic E-state index is -0.394. The van der Waals surface area contributed by atoms with E-state index in [1.54, 1.807) is 0 Å². The Balaban J connectivity index is 1.22. The summed E-state index contributed by atoms with van der Waals surface area (Å²) in [6.45, 7) is 0. The highest BCUT2D eigenvalue weighted by Gasteiger charge is 2.51. The first kappa shape index (κ1) is 28.8. The van der Waals surface area contributed by atoms with Crippen LogP contribution in [0.1, 0.15) is 40.2 Å². The number of nitrogens with zero attached hydrogens (tertiary/aromatic N) is 1. The fourth-order valence-electron chi connectivity index (χ4n) is 8.90. The van der Waals surface area contributed by atoms with Crippen LogP contribution in [0.4, 0.5) is 17.1 Å². The molecule has 236 valence electrons. The van der Waals surface area contributed by atoms with E-state index in [1.807, 2.05) is 0 Å². The average molecular weight is 638 g/mol. The van der Waals surface area contributed by atoms with Crippen LogP contribution in [0.5, 0.6) is 0 Å². The van der Waals surface area contributed by atoms with Gasteiger partial charge in [0.15, 0.2) is 0 Å². The Morgan fingerprint density at radius 3 is 1.62 bits per heavy atom. The predicted octanol–water partition coefficient (Wildman–Crippen LogP) is 12.8. The first-order chi connectivity index (χ1) is 24.8. The highest BCUT2D eigenvalue weighted by molar-refractivity contribution is 5.96. The Hall–Kier alpha value is -6.18. The number of benzene rings is 7. The van der Waals surface area contributed by atoms with E-state index in [4.69, 9.17) is 0 Å². The lowest BCUT2D eigenvalue weighted by Gasteiger charge is -2.33. The van der Waals surface area contributed by atoms with Crippen LogP contribution < -0.4 is 4.90 Å². The summed E-state index contributed by atoms with van der Waals surface area (Å²) in [6.07, 6.45) is 9.97. The van der Waals surface area contributed by atoms with Gasteiger partial charge in [-0.1, -0.05) is 164 Å². The van der Waals surface area contributed by atoms with Crippen molar-refractivity contribution in [1.82, 2.24) is 0 Å². The molecule has 50 heavy (non-hydrogen) atoms. The molecule has 0 bridgehead atoms. The molecule has 1 heteroatoms. The summed E-state index contributed by atoms with van der Waals surface area (Å²) >= 11 is 0. The van der Waals surface area contributed by atoms with Gasteiger partial charge in [-0.3, -0.25) is 0 Å². The van der Waals surface area contributed by atoms with E-state index in [9.17, 15) is 0 Å². The largest absolute Gasteiger partial charge is 0.310 e. The second-order valence-electron chi connectivity index (χ2n) is 13.6. The molecule has 7 aromatic carbocycles. The zero-order valence-corrected chi connectivity index (χ0v) is 27.7. The van der Waals surface area contributed by atoms with Crippen LogP contribution in [0, 0.1) is 0 Å². The molecular formula is C49H35N. The van der Waals surface area contributed by atoms with Crippen molar-refractivity contribution in [1.29, 1.82) is 0 Å². The Morgan fingerprint density at radius 1 is 0.440 bits per heavy atom. The number of allylic oxidation sites excluding steroid dienone is 4. The maximum atomic E-state index is 2.49. The minimum Gasteiger partial charge on any atom is -0.310 e. The summed E-state index contributed by atoms with van der Waals surface area (Å²) in [6, 6.07) is 63.1. The van der Waals surface area contributed by atoms with Crippen molar-refractivity contribution in [2.75, 3.05) is 4.90 Å². The molecule has 0 saturated carbocycles. The summed E-state index contributed by atoms with van der Waals surface area (Å²) in [4.78, 5) is 2.49. The van der Waals surface area contributed by atoms with Crippen LogP contribution in [0.15, 0.2) is 194 Å². The number of para-hydroxylation sites is 1. The maximum absolute atomic E-state index is 2.49. The lowest BCUT2D eigenvalue weighted by molar-refractivity contribution is 0.793. The monoisotopic (exact) mass is 637 g/mol. The molecule has 1 atom stereocenters. The van der Waals surface area contributed by atoms with Crippen molar-refractivity contribution < 1.29 is 0 Å². The zero-order valence-electron chi connectivity index (χ0n) is 27.7. The van der Waals surface area contributed by atoms with Crippen molar-refractivity contribution in [3.8, 4) is 33.4 Å². The summed E-state index contributed by atoms with van der Waals surface area (Å²) in [5, 5.41) is 0. The number of rotatable bonds is 5. The SMILES string of the molecule is C1=CCC(c2ccccc2N(c2ccc(-c3ccccc3)cc2)c2ccc3c(c2)C2(c4ccccc4-c4ccccc42)c2ccccc2-3)C=C1. The molecule has 0 amide bonds. The number of anilines is 3. The molecule has 3 aliphatic carbocycles. The molecule has 1 unspecified atom stereocenters. The highest BCUT2D eigenvalue weighted by Crippen LogP contribution is 2.63. The van der Waals surface area contributed by atoms with Gasteiger partial charge < -0.3 is 4.90 Å². The average Bonchev–Trinajstić information content (AvgIpc) is 3.66. The van der Waals surface area contributed by atoms with Gasteiger partial charge in [0, 0.05) is 23.0 Å². The maximum Gasteiger partial charge on any atom is 0.0726 e. The van der Waals surface area contributed by atoms with E-state index in [1.165, 1.54) is 66.9 Å². The van der Waals surface area contributed by atoms with E-state index in [0.717, 1.165) is 17.8 Å². The minimum absolute atomic E-state index is 0.306. The summed E-state index contributed by atoms with van der Waals surface area (Å²) in [5.74, 6) is 0.306. The quantitative estimate of drug-likeness (QED) is 0.181. The van der Waals surface area contributed by atoms with E-state index in [-0.39, 0.29) is 0 Å². The molecule has 1 nitrogen and oxygen atoms in total. The smallest absolute Gasteiger partial charge is 0.0726 e. The number of hydrogen-bond donors (Lipinski definition) is 0. The second-order valence-corrected chi connectivity index (χ2v) is 13.6. The molecule has 3 aliphatic rings. The van der Waals surface area contributed by atoms with Crippen LogP contribution in [0.25, 0.3) is 33.4 Å². The molecule has 10 rings (SSSR count). The number of hydrogen-bond acceptors (Lipinski definition) is 1. The normalized spacial score (nSPS) is 15.7. The third-order valence-electron chi connectivity index (χ3n) is 11.0. The Labute approximate surface area is 294 Å². The molecule has 0 radical (unpaired) electrons. The lowest BCUT2D eigenvalue weighted by atomic mass is 9.70. The van der Waals surface area contributed by atoms with E-state index >= 15 is 0 Å². The third kappa shape index (κ3) is 4.20. The van der Waals surface area contributed by atoms with Crippen molar-refractivity contribution in [2.24, 2.45) is 0 Å². The molecule has 1 spiro atoms. The molecule has 0 N–H and O–H groups in total. The topological polar surface area (TPSA) is 3.24 Å². The summed E-state index contributed by atoms with van der Waals surface area (Å²) < 4.78 is 0. The predicted molar refractivity (Wildman–Crippen MR) is 208 cm³/mol. The van der Waals surface area contributed by atoms with Crippen LogP contribution >= 0.6 is 0 Å². The molecule has 7 aromatic rings. The van der Waals surface area contributed by atoms with Gasteiger partial charge in [0.05, 0.1) is 5.41 Å². The van der Waals surface area contributed by atoms with Crippen LogP contribution in [-0.4, -0.2) is 0 Å². The fraction of sp³-hybridized carbons (Fsp3) is 0.0612. The third-order valence-corrected chi connectivity index (χ3v) is 11.0. The molecule has 0 saturated heterocycles. The van der Waals surface area contributed by atoms with Gasteiger partial charge in [0.25, 0.3) is 0 Å². The van der Waals surface area contributed by atoms with E-state index in [2.05, 4.69) is 199 Å². The number of fused-ring (bicyclic) bond motifs is 10. The van der Waals surface area contributed by atoms with Gasteiger partial charge in [0.2, 0.25) is 0 Å². The molecule has 0 heterocycles. The first-order valence-electron chi connectivity index (χ1n) is 17.6. The van der Waals surface area contributed by atoms with Crippen molar-refractivity contribution in [3.05, 3.63) is 222 Å². The van der Waals surface area contributed by atoms with Gasteiger partial charge in [-0.2, -0.15) is 0 Å². The highest BCUT2D eigenvalue weighted by atomic mass is 15.1. The Morgan fingerprint density at radius 2 is 0.980 bits per heavy atom. The van der Waals surface area contributed by atoms with Gasteiger partial charge in [-0.25, -0.2) is 0 Å². The van der Waals surface area contributed by atoms with Crippen LogP contribution in [-0.2, 0) is 5.41 Å².